The Hall–Kier alpha value is -0.740. The van der Waals surface area contributed by atoms with Gasteiger partial charge in [-0.05, 0) is 77.7 Å². The van der Waals surface area contributed by atoms with Crippen molar-refractivity contribution < 1.29 is 9.47 Å². The van der Waals surface area contributed by atoms with E-state index >= 15 is 0 Å². The Morgan fingerprint density at radius 2 is 2.15 bits per heavy atom. The van der Waals surface area contributed by atoms with Gasteiger partial charge in [-0.2, -0.15) is 0 Å². The highest BCUT2D eigenvalue weighted by Crippen LogP contribution is 2.40. The molecule has 1 N–H and O–H groups in total. The van der Waals surface area contributed by atoms with Gasteiger partial charge in [0.05, 0.1) is 18.2 Å². The first-order chi connectivity index (χ1) is 9.78. The highest BCUT2D eigenvalue weighted by molar-refractivity contribution is 9.10. The summed E-state index contributed by atoms with van der Waals surface area (Å²) >= 11 is 3.62. The normalized spacial score (nSPS) is 22.6. The molecule has 2 fully saturated rings. The number of benzene rings is 1. The maximum absolute atomic E-state index is 5.99. The zero-order valence-corrected chi connectivity index (χ0v) is 13.5. The predicted molar refractivity (Wildman–Crippen MR) is 83.8 cm³/mol. The van der Waals surface area contributed by atoms with E-state index in [1.807, 2.05) is 0 Å². The molecule has 2 aliphatic rings. The van der Waals surface area contributed by atoms with Crippen LogP contribution in [0.15, 0.2) is 16.6 Å². The minimum atomic E-state index is 0.578. The summed E-state index contributed by atoms with van der Waals surface area (Å²) in [5.74, 6) is 3.03. The molecule has 0 amide bonds. The smallest absolute Gasteiger partial charge is 0.174 e. The zero-order valence-electron chi connectivity index (χ0n) is 12.0. The van der Waals surface area contributed by atoms with E-state index < -0.39 is 0 Å². The number of piperidine rings is 1. The quantitative estimate of drug-likeness (QED) is 0.886. The molecule has 1 aliphatic heterocycles. The lowest BCUT2D eigenvalue weighted by atomic mass is 9.91. The van der Waals surface area contributed by atoms with Crippen molar-refractivity contribution >= 4 is 15.9 Å². The lowest BCUT2D eigenvalue weighted by Gasteiger charge is -2.24. The number of ether oxygens (including phenoxy) is 2. The van der Waals surface area contributed by atoms with Gasteiger partial charge in [0.25, 0.3) is 0 Å². The maximum atomic E-state index is 5.99. The molecule has 1 heterocycles. The van der Waals surface area contributed by atoms with E-state index in [9.17, 15) is 0 Å². The molecule has 1 saturated carbocycles. The second-order valence-electron chi connectivity index (χ2n) is 5.83. The second-order valence-corrected chi connectivity index (χ2v) is 6.69. The van der Waals surface area contributed by atoms with Gasteiger partial charge < -0.3 is 14.8 Å². The molecule has 1 aromatic rings. The molecule has 3 nitrogen and oxygen atoms in total. The van der Waals surface area contributed by atoms with Crippen molar-refractivity contribution in [2.24, 2.45) is 5.92 Å². The topological polar surface area (TPSA) is 30.5 Å². The highest BCUT2D eigenvalue weighted by atomic mass is 79.9. The first kappa shape index (κ1) is 14.2. The first-order valence-electron chi connectivity index (χ1n) is 7.49. The lowest BCUT2D eigenvalue weighted by Crippen LogP contribution is -2.28. The van der Waals surface area contributed by atoms with Crippen molar-refractivity contribution in [3.8, 4) is 11.5 Å². The maximum Gasteiger partial charge on any atom is 0.174 e. The van der Waals surface area contributed by atoms with Gasteiger partial charge in [-0.1, -0.05) is 0 Å². The highest BCUT2D eigenvalue weighted by Gasteiger charge is 2.24. The largest absolute Gasteiger partial charge is 0.492 e. The van der Waals surface area contributed by atoms with Gasteiger partial charge in [-0.25, -0.2) is 0 Å². The number of halogens is 1. The SMILES string of the molecule is COc1c(Br)cc(C2CCCNC2)cc1OCC1CC1. The summed E-state index contributed by atoms with van der Waals surface area (Å²) in [7, 11) is 1.70. The first-order valence-corrected chi connectivity index (χ1v) is 8.28. The molecule has 0 radical (unpaired) electrons. The molecule has 0 aromatic heterocycles. The van der Waals surface area contributed by atoms with Gasteiger partial charge in [0, 0.05) is 6.54 Å². The van der Waals surface area contributed by atoms with Crippen molar-refractivity contribution in [1.29, 1.82) is 0 Å². The van der Waals surface area contributed by atoms with Crippen molar-refractivity contribution in [1.82, 2.24) is 5.32 Å². The van der Waals surface area contributed by atoms with Crippen LogP contribution in [0.4, 0.5) is 0 Å². The summed E-state index contributed by atoms with van der Waals surface area (Å²) in [6, 6.07) is 4.35. The van der Waals surface area contributed by atoms with Crippen LogP contribution in [0.2, 0.25) is 0 Å². The lowest BCUT2D eigenvalue weighted by molar-refractivity contribution is 0.279. The molecule has 0 spiro atoms. The fourth-order valence-corrected chi connectivity index (χ4v) is 3.38. The van der Waals surface area contributed by atoms with E-state index in [1.165, 1.54) is 31.2 Å². The van der Waals surface area contributed by atoms with Crippen molar-refractivity contribution in [2.45, 2.75) is 31.6 Å². The van der Waals surface area contributed by atoms with E-state index in [2.05, 4.69) is 33.4 Å². The number of rotatable bonds is 5. The van der Waals surface area contributed by atoms with Crippen LogP contribution in [-0.4, -0.2) is 26.8 Å². The fraction of sp³-hybridized carbons (Fsp3) is 0.625. The molecule has 1 aliphatic carbocycles. The van der Waals surface area contributed by atoms with Gasteiger partial charge in [0.15, 0.2) is 11.5 Å². The van der Waals surface area contributed by atoms with Crippen LogP contribution in [0.25, 0.3) is 0 Å². The Balaban J connectivity index is 1.82. The molecule has 4 heteroatoms. The van der Waals surface area contributed by atoms with Crippen molar-refractivity contribution in [3.63, 3.8) is 0 Å². The summed E-state index contributed by atoms with van der Waals surface area (Å²) < 4.78 is 12.5. The van der Waals surface area contributed by atoms with E-state index in [4.69, 9.17) is 9.47 Å². The third-order valence-corrected chi connectivity index (χ3v) is 4.76. The van der Waals surface area contributed by atoms with Gasteiger partial charge in [-0.15, -0.1) is 0 Å². The standard InChI is InChI=1S/C16H22BrNO2/c1-19-16-14(17)7-13(12-3-2-6-18-9-12)8-15(16)20-10-11-4-5-11/h7-8,11-12,18H,2-6,9-10H2,1H3. The molecular formula is C16H22BrNO2. The molecule has 1 saturated heterocycles. The van der Waals surface area contributed by atoms with E-state index in [-0.39, 0.29) is 0 Å². The Labute approximate surface area is 129 Å². The van der Waals surface area contributed by atoms with Crippen LogP contribution in [0.1, 0.15) is 37.2 Å². The summed E-state index contributed by atoms with van der Waals surface area (Å²) in [6.07, 6.45) is 5.09. The number of hydrogen-bond acceptors (Lipinski definition) is 3. The monoisotopic (exact) mass is 339 g/mol. The van der Waals surface area contributed by atoms with Crippen LogP contribution in [0.5, 0.6) is 11.5 Å². The molecule has 0 bridgehead atoms. The van der Waals surface area contributed by atoms with E-state index in [1.54, 1.807) is 7.11 Å². The van der Waals surface area contributed by atoms with Gasteiger partial charge in [0.1, 0.15) is 0 Å². The molecule has 1 aromatic carbocycles. The van der Waals surface area contributed by atoms with Crippen LogP contribution < -0.4 is 14.8 Å². The van der Waals surface area contributed by atoms with Crippen LogP contribution in [0.3, 0.4) is 0 Å². The number of hydrogen-bond donors (Lipinski definition) is 1. The van der Waals surface area contributed by atoms with Crippen LogP contribution in [-0.2, 0) is 0 Å². The summed E-state index contributed by atoms with van der Waals surface area (Å²) in [5, 5.41) is 3.47. The molecule has 1 atom stereocenters. The molecule has 3 rings (SSSR count). The third kappa shape index (κ3) is 3.29. The van der Waals surface area contributed by atoms with E-state index in [0.29, 0.717) is 5.92 Å². The summed E-state index contributed by atoms with van der Waals surface area (Å²) in [4.78, 5) is 0. The third-order valence-electron chi connectivity index (χ3n) is 4.18. The Bertz CT molecular complexity index is 468. The molecule has 20 heavy (non-hydrogen) atoms. The van der Waals surface area contributed by atoms with E-state index in [0.717, 1.165) is 41.6 Å². The Morgan fingerprint density at radius 3 is 2.80 bits per heavy atom. The fourth-order valence-electron chi connectivity index (χ4n) is 2.76. The summed E-state index contributed by atoms with van der Waals surface area (Å²) in [6.45, 7) is 3.01. The predicted octanol–water partition coefficient (Wildman–Crippen LogP) is 3.71. The summed E-state index contributed by atoms with van der Waals surface area (Å²) in [5.41, 5.74) is 1.34. The van der Waals surface area contributed by atoms with Crippen LogP contribution in [0, 0.1) is 5.92 Å². The van der Waals surface area contributed by atoms with Gasteiger partial charge in [-0.3, -0.25) is 0 Å². The Morgan fingerprint density at radius 1 is 1.30 bits per heavy atom. The minimum Gasteiger partial charge on any atom is -0.492 e. The average Bonchev–Trinajstić information content (AvgIpc) is 3.30. The number of methoxy groups -OCH3 is 1. The van der Waals surface area contributed by atoms with Crippen LogP contribution >= 0.6 is 15.9 Å². The molecule has 1 unspecified atom stereocenters. The van der Waals surface area contributed by atoms with Crippen molar-refractivity contribution in [3.05, 3.63) is 22.2 Å². The molecule has 110 valence electrons. The zero-order chi connectivity index (χ0) is 13.9. The number of nitrogens with one attached hydrogen (secondary N) is 1. The molecular weight excluding hydrogens is 318 g/mol. The Kier molecular flexibility index (Phi) is 4.51. The van der Waals surface area contributed by atoms with Gasteiger partial charge >= 0.3 is 0 Å². The van der Waals surface area contributed by atoms with Crippen molar-refractivity contribution in [2.75, 3.05) is 26.8 Å². The minimum absolute atomic E-state index is 0.578. The van der Waals surface area contributed by atoms with Gasteiger partial charge in [0.2, 0.25) is 0 Å². The second kappa shape index (κ2) is 6.35. The average molecular weight is 340 g/mol.